The molecule has 118 valence electrons. The molecule has 0 spiro atoms. The number of benzene rings is 1. The average molecular weight is 315 g/mol. The Labute approximate surface area is 125 Å². The van der Waals surface area contributed by atoms with E-state index in [2.05, 4.69) is 4.72 Å². The van der Waals surface area contributed by atoms with E-state index in [0.717, 1.165) is 6.07 Å². The van der Waals surface area contributed by atoms with Crippen molar-refractivity contribution in [3.63, 3.8) is 0 Å². The van der Waals surface area contributed by atoms with E-state index in [0.29, 0.717) is 12.8 Å². The molecule has 2 N–H and O–H groups in total. The molecule has 0 heterocycles. The number of ether oxygens (including phenoxy) is 1. The van der Waals surface area contributed by atoms with Crippen LogP contribution in [0.5, 0.6) is 5.75 Å². The number of carbonyl (C=O) groups is 1. The van der Waals surface area contributed by atoms with Gasteiger partial charge in [-0.1, -0.05) is 13.8 Å². The Kier molecular flexibility index (Phi) is 5.36. The Morgan fingerprint density at radius 3 is 2.33 bits per heavy atom. The van der Waals surface area contributed by atoms with Crippen molar-refractivity contribution in [2.45, 2.75) is 44.0 Å². The van der Waals surface area contributed by atoms with Gasteiger partial charge in [0.2, 0.25) is 10.0 Å². The minimum absolute atomic E-state index is 0.106. The summed E-state index contributed by atoms with van der Waals surface area (Å²) in [4.78, 5) is 10.9. The summed E-state index contributed by atoms with van der Waals surface area (Å²) in [7, 11) is -2.54. The van der Waals surface area contributed by atoms with E-state index < -0.39 is 21.5 Å². The second-order valence-electron chi connectivity index (χ2n) is 5.04. The molecule has 21 heavy (non-hydrogen) atoms. The number of carboxylic acids is 1. The van der Waals surface area contributed by atoms with Crippen LogP contribution in [-0.2, 0) is 10.0 Å². The zero-order valence-corrected chi connectivity index (χ0v) is 13.5. The molecule has 1 aromatic rings. The molecule has 0 aliphatic rings. The van der Waals surface area contributed by atoms with Gasteiger partial charge in [-0.25, -0.2) is 17.9 Å². The first-order valence-electron chi connectivity index (χ1n) is 6.64. The van der Waals surface area contributed by atoms with E-state index in [9.17, 15) is 13.2 Å². The molecular formula is C14H21NO5S. The molecule has 7 heteroatoms. The summed E-state index contributed by atoms with van der Waals surface area (Å²) in [6.07, 6.45) is 1.23. The van der Waals surface area contributed by atoms with Crippen LogP contribution >= 0.6 is 0 Å². The van der Waals surface area contributed by atoms with Crippen LogP contribution in [0.2, 0.25) is 0 Å². The van der Waals surface area contributed by atoms with E-state index in [1.807, 2.05) is 13.8 Å². The standard InChI is InChI=1S/C14H21NO5S/c1-5-14(3,6-2)15-21(18,19)12-9-10(13(16)17)7-8-11(12)20-4/h7-9,15H,5-6H2,1-4H3,(H,16,17). The monoisotopic (exact) mass is 315 g/mol. The second kappa shape index (κ2) is 6.44. The van der Waals surface area contributed by atoms with Crippen LogP contribution in [0.4, 0.5) is 0 Å². The predicted molar refractivity (Wildman–Crippen MR) is 79.3 cm³/mol. The van der Waals surface area contributed by atoms with Crippen LogP contribution in [0.3, 0.4) is 0 Å². The molecule has 0 bridgehead atoms. The highest BCUT2D eigenvalue weighted by Crippen LogP contribution is 2.27. The van der Waals surface area contributed by atoms with Gasteiger partial charge in [0.25, 0.3) is 0 Å². The van der Waals surface area contributed by atoms with Crippen LogP contribution in [0.15, 0.2) is 23.1 Å². The number of hydrogen-bond donors (Lipinski definition) is 2. The number of carboxylic acid groups (broad SMARTS) is 1. The van der Waals surface area contributed by atoms with Gasteiger partial charge >= 0.3 is 5.97 Å². The van der Waals surface area contributed by atoms with Crippen LogP contribution in [0.1, 0.15) is 44.0 Å². The van der Waals surface area contributed by atoms with Crippen LogP contribution < -0.4 is 9.46 Å². The SMILES string of the molecule is CCC(C)(CC)NS(=O)(=O)c1cc(C(=O)O)ccc1OC. The van der Waals surface area contributed by atoms with Crippen molar-refractivity contribution in [3.05, 3.63) is 23.8 Å². The molecule has 1 rings (SSSR count). The highest BCUT2D eigenvalue weighted by molar-refractivity contribution is 7.89. The summed E-state index contributed by atoms with van der Waals surface area (Å²) >= 11 is 0. The fraction of sp³-hybridized carbons (Fsp3) is 0.500. The minimum atomic E-state index is -3.88. The van der Waals surface area contributed by atoms with E-state index in [-0.39, 0.29) is 16.2 Å². The Bertz CT molecular complexity index is 620. The largest absolute Gasteiger partial charge is 0.495 e. The molecule has 0 amide bonds. The summed E-state index contributed by atoms with van der Waals surface area (Å²) < 4.78 is 32.7. The summed E-state index contributed by atoms with van der Waals surface area (Å²) in [5.74, 6) is -1.08. The van der Waals surface area contributed by atoms with Crippen molar-refractivity contribution < 1.29 is 23.1 Å². The maximum absolute atomic E-state index is 12.5. The first-order valence-corrected chi connectivity index (χ1v) is 8.12. The van der Waals surface area contributed by atoms with Crippen molar-refractivity contribution in [2.75, 3.05) is 7.11 Å². The predicted octanol–water partition coefficient (Wildman–Crippen LogP) is 2.25. The minimum Gasteiger partial charge on any atom is -0.495 e. The fourth-order valence-electron chi connectivity index (χ4n) is 1.79. The molecule has 1 aromatic carbocycles. The number of methoxy groups -OCH3 is 1. The summed E-state index contributed by atoms with van der Waals surface area (Å²) in [5, 5.41) is 9.01. The van der Waals surface area contributed by atoms with Crippen molar-refractivity contribution in [3.8, 4) is 5.75 Å². The molecule has 0 saturated heterocycles. The third kappa shape index (κ3) is 3.95. The quantitative estimate of drug-likeness (QED) is 0.805. The number of hydrogen-bond acceptors (Lipinski definition) is 4. The number of nitrogens with one attached hydrogen (secondary N) is 1. The lowest BCUT2D eigenvalue weighted by Gasteiger charge is -2.28. The average Bonchev–Trinajstić information content (AvgIpc) is 2.45. The van der Waals surface area contributed by atoms with Gasteiger partial charge < -0.3 is 9.84 Å². The molecule has 0 aliphatic carbocycles. The maximum Gasteiger partial charge on any atom is 0.335 e. The third-order valence-electron chi connectivity index (χ3n) is 3.64. The smallest absolute Gasteiger partial charge is 0.335 e. The molecule has 0 aromatic heterocycles. The van der Waals surface area contributed by atoms with Crippen molar-refractivity contribution >= 4 is 16.0 Å². The topological polar surface area (TPSA) is 92.7 Å². The first kappa shape index (κ1) is 17.5. The van der Waals surface area contributed by atoms with Crippen molar-refractivity contribution in [1.29, 1.82) is 0 Å². The zero-order chi connectivity index (χ0) is 16.3. The zero-order valence-electron chi connectivity index (χ0n) is 12.6. The van der Waals surface area contributed by atoms with Gasteiger partial charge in [-0.2, -0.15) is 0 Å². The second-order valence-corrected chi connectivity index (χ2v) is 6.69. The third-order valence-corrected chi connectivity index (χ3v) is 5.30. The van der Waals surface area contributed by atoms with E-state index in [1.165, 1.54) is 19.2 Å². The van der Waals surface area contributed by atoms with Gasteiger partial charge in [0.05, 0.1) is 12.7 Å². The Morgan fingerprint density at radius 1 is 1.33 bits per heavy atom. The van der Waals surface area contributed by atoms with E-state index in [1.54, 1.807) is 6.92 Å². The first-order chi connectivity index (χ1) is 9.69. The molecule has 0 atom stereocenters. The normalized spacial score (nSPS) is 12.2. The molecule has 0 fully saturated rings. The Balaban J connectivity index is 3.36. The summed E-state index contributed by atoms with van der Waals surface area (Å²) in [6.45, 7) is 5.58. The number of sulfonamides is 1. The lowest BCUT2D eigenvalue weighted by molar-refractivity contribution is 0.0696. The maximum atomic E-state index is 12.5. The van der Waals surface area contributed by atoms with Crippen molar-refractivity contribution in [2.24, 2.45) is 0 Å². The summed E-state index contributed by atoms with van der Waals surface area (Å²) in [6, 6.07) is 3.75. The van der Waals surface area contributed by atoms with Gasteiger partial charge in [0.1, 0.15) is 10.6 Å². The van der Waals surface area contributed by atoms with Crippen LogP contribution in [-0.4, -0.2) is 32.1 Å². The van der Waals surface area contributed by atoms with Crippen LogP contribution in [0.25, 0.3) is 0 Å². The molecule has 0 saturated carbocycles. The van der Waals surface area contributed by atoms with Gasteiger partial charge in [-0.05, 0) is 38.0 Å². The molecule has 0 aliphatic heterocycles. The van der Waals surface area contributed by atoms with Gasteiger partial charge in [0.15, 0.2) is 0 Å². The van der Waals surface area contributed by atoms with E-state index >= 15 is 0 Å². The lowest BCUT2D eigenvalue weighted by Crippen LogP contribution is -2.44. The van der Waals surface area contributed by atoms with E-state index in [4.69, 9.17) is 9.84 Å². The fourth-order valence-corrected chi connectivity index (χ4v) is 3.54. The molecule has 0 radical (unpaired) electrons. The lowest BCUT2D eigenvalue weighted by atomic mass is 9.98. The molecule has 6 nitrogen and oxygen atoms in total. The Morgan fingerprint density at radius 2 is 1.90 bits per heavy atom. The number of rotatable bonds is 7. The van der Waals surface area contributed by atoms with Gasteiger partial charge in [-0.15, -0.1) is 0 Å². The summed E-state index contributed by atoms with van der Waals surface area (Å²) in [5.41, 5.74) is -0.700. The van der Waals surface area contributed by atoms with Gasteiger partial charge in [-0.3, -0.25) is 0 Å². The molecule has 0 unspecified atom stereocenters. The van der Waals surface area contributed by atoms with Crippen molar-refractivity contribution in [1.82, 2.24) is 4.72 Å². The van der Waals surface area contributed by atoms with Gasteiger partial charge in [0, 0.05) is 5.54 Å². The highest BCUT2D eigenvalue weighted by atomic mass is 32.2. The highest BCUT2D eigenvalue weighted by Gasteiger charge is 2.30. The molecular weight excluding hydrogens is 294 g/mol. The van der Waals surface area contributed by atoms with Crippen LogP contribution in [0, 0.1) is 0 Å². The Hall–Kier alpha value is -1.60. The number of aromatic carboxylic acids is 1.